The fraction of sp³-hybridized carbons (Fsp3) is 0.216. The molecule has 14 heteroatoms. The predicted molar refractivity (Wildman–Crippen MR) is 185 cm³/mol. The van der Waals surface area contributed by atoms with Crippen molar-refractivity contribution in [3.8, 4) is 33.9 Å². The highest BCUT2D eigenvalue weighted by atomic mass is 19.4. The van der Waals surface area contributed by atoms with Crippen LogP contribution in [0.1, 0.15) is 35.7 Å². The summed E-state index contributed by atoms with van der Waals surface area (Å²) in [5.41, 5.74) is 7.23. The van der Waals surface area contributed by atoms with Gasteiger partial charge >= 0.3 is 12.1 Å². The summed E-state index contributed by atoms with van der Waals surface area (Å²) in [5, 5.41) is 18.1. The second kappa shape index (κ2) is 16.1. The molecule has 260 valence electrons. The first-order valence-electron chi connectivity index (χ1n) is 16.2. The monoisotopic (exact) mass is 693 g/mol. The van der Waals surface area contributed by atoms with Crippen LogP contribution in [-0.4, -0.2) is 70.4 Å². The smallest absolute Gasteiger partial charge is 0.475 e. The van der Waals surface area contributed by atoms with E-state index in [9.17, 15) is 13.2 Å². The summed E-state index contributed by atoms with van der Waals surface area (Å²) in [7, 11) is 0. The number of benzene rings is 2. The number of alkyl halides is 3. The van der Waals surface area contributed by atoms with Gasteiger partial charge < -0.3 is 10.4 Å². The van der Waals surface area contributed by atoms with Crippen molar-refractivity contribution in [2.75, 3.05) is 18.4 Å². The van der Waals surface area contributed by atoms with E-state index < -0.39 is 12.1 Å². The number of rotatable bonds is 9. The quantitative estimate of drug-likeness (QED) is 0.145. The Balaban J connectivity index is 0.000000582. The number of likely N-dealkylation sites (tertiary alicyclic amines) is 1. The van der Waals surface area contributed by atoms with Gasteiger partial charge in [-0.3, -0.25) is 20.0 Å². The summed E-state index contributed by atoms with van der Waals surface area (Å²) in [5.74, 6) is -0.155. The zero-order valence-electron chi connectivity index (χ0n) is 27.3. The first kappa shape index (κ1) is 34.8. The highest BCUT2D eigenvalue weighted by molar-refractivity contribution is 5.81. The van der Waals surface area contributed by atoms with Crippen molar-refractivity contribution >= 4 is 11.9 Å². The lowest BCUT2D eigenvalue weighted by Gasteiger charge is -2.31. The molecule has 0 saturated carbocycles. The van der Waals surface area contributed by atoms with E-state index in [4.69, 9.17) is 19.9 Å². The Labute approximate surface area is 291 Å². The lowest BCUT2D eigenvalue weighted by Crippen LogP contribution is -2.32. The van der Waals surface area contributed by atoms with Gasteiger partial charge in [0.25, 0.3) is 0 Å². The molecule has 6 aromatic rings. The maximum absolute atomic E-state index is 10.6. The van der Waals surface area contributed by atoms with Crippen LogP contribution >= 0.6 is 0 Å². The van der Waals surface area contributed by atoms with Crippen LogP contribution in [-0.2, 0) is 17.9 Å². The van der Waals surface area contributed by atoms with E-state index in [0.29, 0.717) is 24.2 Å². The molecule has 1 fully saturated rings. The van der Waals surface area contributed by atoms with Crippen molar-refractivity contribution in [1.29, 1.82) is 0 Å². The van der Waals surface area contributed by atoms with Crippen LogP contribution in [0.3, 0.4) is 0 Å². The molecular weight excluding hydrogens is 659 g/mol. The van der Waals surface area contributed by atoms with Gasteiger partial charge in [0.2, 0.25) is 5.95 Å². The Morgan fingerprint density at radius 1 is 0.843 bits per heavy atom. The number of H-pyrrole nitrogens is 1. The topological polar surface area (TPSA) is 146 Å². The molecule has 0 atom stereocenters. The highest BCUT2D eigenvalue weighted by Gasteiger charge is 2.38. The number of carboxylic acids is 1. The van der Waals surface area contributed by atoms with E-state index in [1.807, 2.05) is 60.9 Å². The molecule has 1 aliphatic heterocycles. The van der Waals surface area contributed by atoms with Crippen molar-refractivity contribution in [3.63, 3.8) is 0 Å². The van der Waals surface area contributed by atoms with Gasteiger partial charge in [0.1, 0.15) is 11.5 Å². The summed E-state index contributed by atoms with van der Waals surface area (Å²) in [6.07, 6.45) is 4.31. The van der Waals surface area contributed by atoms with Gasteiger partial charge in [-0.1, -0.05) is 66.7 Å². The zero-order chi connectivity index (χ0) is 35.6. The van der Waals surface area contributed by atoms with Crippen molar-refractivity contribution < 1.29 is 23.1 Å². The van der Waals surface area contributed by atoms with Gasteiger partial charge in [-0.05, 0) is 60.8 Å². The third-order valence-corrected chi connectivity index (χ3v) is 8.29. The maximum Gasteiger partial charge on any atom is 0.490 e. The SMILES string of the molecule is O=C(O)C(F)(F)F.c1ccc(-c2cnc(NCc3cccnc3)nc2-c2ccc(CN3CCC(c4nc(-c5ccccn5)n[nH]4)CC3)cc2)cc1. The summed E-state index contributed by atoms with van der Waals surface area (Å²) in [4.78, 5) is 34.3. The van der Waals surface area contributed by atoms with Crippen molar-refractivity contribution in [2.45, 2.75) is 38.0 Å². The number of aromatic nitrogens is 7. The van der Waals surface area contributed by atoms with Crippen molar-refractivity contribution in [1.82, 2.24) is 40.0 Å². The van der Waals surface area contributed by atoms with Crippen LogP contribution in [0.25, 0.3) is 33.9 Å². The number of nitrogens with one attached hydrogen (secondary N) is 2. The molecule has 3 N–H and O–H groups in total. The number of piperidine rings is 1. The lowest BCUT2D eigenvalue weighted by atomic mass is 9.95. The number of aliphatic carboxylic acids is 1. The normalized spacial score (nSPS) is 13.6. The molecule has 0 radical (unpaired) electrons. The molecule has 2 aromatic carbocycles. The number of nitrogens with zero attached hydrogens (tertiary/aromatic N) is 7. The molecule has 0 amide bonds. The molecule has 0 spiro atoms. The molecule has 0 unspecified atom stereocenters. The van der Waals surface area contributed by atoms with Crippen molar-refractivity contribution in [2.24, 2.45) is 0 Å². The first-order chi connectivity index (χ1) is 24.7. The van der Waals surface area contributed by atoms with E-state index in [-0.39, 0.29) is 0 Å². The number of hydrogen-bond donors (Lipinski definition) is 3. The predicted octanol–water partition coefficient (Wildman–Crippen LogP) is 7.01. The van der Waals surface area contributed by atoms with Crippen molar-refractivity contribution in [3.05, 3.63) is 127 Å². The maximum atomic E-state index is 10.6. The Morgan fingerprint density at radius 3 is 2.25 bits per heavy atom. The zero-order valence-corrected chi connectivity index (χ0v) is 27.3. The molecule has 0 aliphatic carbocycles. The number of carboxylic acid groups (broad SMARTS) is 1. The van der Waals surface area contributed by atoms with Crippen LogP contribution in [0, 0.1) is 0 Å². The molecule has 0 bridgehead atoms. The summed E-state index contributed by atoms with van der Waals surface area (Å²) in [6, 6.07) is 28.9. The molecule has 7 rings (SSSR count). The summed E-state index contributed by atoms with van der Waals surface area (Å²) in [6.45, 7) is 3.55. The minimum Gasteiger partial charge on any atom is -0.475 e. The van der Waals surface area contributed by atoms with Gasteiger partial charge in [-0.15, -0.1) is 0 Å². The van der Waals surface area contributed by atoms with Gasteiger partial charge in [0.05, 0.1) is 5.69 Å². The minimum absolute atomic E-state index is 0.383. The number of aromatic amines is 1. The number of carbonyl (C=O) groups is 1. The Morgan fingerprint density at radius 2 is 1.59 bits per heavy atom. The van der Waals surface area contributed by atoms with E-state index in [2.05, 4.69) is 71.8 Å². The van der Waals surface area contributed by atoms with Crippen LogP contribution in [0.2, 0.25) is 0 Å². The number of anilines is 1. The largest absolute Gasteiger partial charge is 0.490 e. The van der Waals surface area contributed by atoms with E-state index in [1.54, 1.807) is 12.4 Å². The number of hydrogen-bond acceptors (Lipinski definition) is 9. The Kier molecular flexibility index (Phi) is 11.0. The van der Waals surface area contributed by atoms with Crippen LogP contribution in [0.15, 0.2) is 110 Å². The summed E-state index contributed by atoms with van der Waals surface area (Å²) >= 11 is 0. The molecule has 1 aliphatic rings. The van der Waals surface area contributed by atoms with Crippen LogP contribution in [0.5, 0.6) is 0 Å². The van der Waals surface area contributed by atoms with E-state index in [0.717, 1.165) is 71.9 Å². The van der Waals surface area contributed by atoms with Gasteiger partial charge in [0.15, 0.2) is 5.82 Å². The van der Waals surface area contributed by atoms with Gasteiger partial charge in [0, 0.05) is 54.9 Å². The highest BCUT2D eigenvalue weighted by Crippen LogP contribution is 2.32. The first-order valence-corrected chi connectivity index (χ1v) is 16.2. The molecule has 1 saturated heterocycles. The van der Waals surface area contributed by atoms with E-state index >= 15 is 0 Å². The standard InChI is InChI=1S/C35H33N9.C2HF3O2/c1-2-8-27(9-3-1)30-23-39-35(38-22-26-7-6-17-36-21-26)40-32(30)28-13-11-25(12-14-28)24-44-19-15-29(16-20-44)33-41-34(43-42-33)31-10-4-5-18-37-31;3-2(4,5)1(6)7/h1-14,17-18,21,23,29H,15-16,19-20,22,24H2,(H,38,39,40)(H,41,42,43);(H,6,7). The number of halogens is 3. The molecule has 5 heterocycles. The molecular formula is C37H34F3N9O2. The molecule has 4 aromatic heterocycles. The lowest BCUT2D eigenvalue weighted by molar-refractivity contribution is -0.192. The summed E-state index contributed by atoms with van der Waals surface area (Å²) < 4.78 is 31.7. The van der Waals surface area contributed by atoms with Crippen LogP contribution in [0.4, 0.5) is 19.1 Å². The third kappa shape index (κ3) is 9.36. The second-order valence-corrected chi connectivity index (χ2v) is 11.8. The average Bonchev–Trinajstić information content (AvgIpc) is 3.66. The van der Waals surface area contributed by atoms with Gasteiger partial charge in [-0.25, -0.2) is 19.7 Å². The fourth-order valence-electron chi connectivity index (χ4n) is 5.66. The molecule has 11 nitrogen and oxygen atoms in total. The third-order valence-electron chi connectivity index (χ3n) is 8.29. The average molecular weight is 694 g/mol. The Hall–Kier alpha value is -6.02. The molecule has 51 heavy (non-hydrogen) atoms. The fourth-order valence-corrected chi connectivity index (χ4v) is 5.66. The second-order valence-electron chi connectivity index (χ2n) is 11.8. The van der Waals surface area contributed by atoms with E-state index in [1.165, 1.54) is 5.56 Å². The number of pyridine rings is 2. The Bertz CT molecular complexity index is 2000. The van der Waals surface area contributed by atoms with Gasteiger partial charge in [-0.2, -0.15) is 18.3 Å². The van der Waals surface area contributed by atoms with Crippen LogP contribution < -0.4 is 5.32 Å². The minimum atomic E-state index is -5.08.